The number of carbonyl (C=O) groups is 2. The topological polar surface area (TPSA) is 72.2 Å². The zero-order chi connectivity index (χ0) is 22.9. The summed E-state index contributed by atoms with van der Waals surface area (Å²) in [5, 5.41) is 13.7. The highest BCUT2D eigenvalue weighted by molar-refractivity contribution is 6.01. The van der Waals surface area contributed by atoms with Crippen molar-refractivity contribution in [3.63, 3.8) is 0 Å². The van der Waals surface area contributed by atoms with Gasteiger partial charge in [0.05, 0.1) is 12.1 Å². The van der Waals surface area contributed by atoms with E-state index < -0.39 is 42.3 Å². The summed E-state index contributed by atoms with van der Waals surface area (Å²) in [5.74, 6) is -2.73. The summed E-state index contributed by atoms with van der Waals surface area (Å²) in [4.78, 5) is 24.6. The average Bonchev–Trinajstić information content (AvgIpc) is 3.01. The molecule has 3 aromatic rings. The molecule has 0 saturated carbocycles. The van der Waals surface area contributed by atoms with Gasteiger partial charge in [0.25, 0.3) is 0 Å². The molecule has 0 aliphatic heterocycles. The van der Waals surface area contributed by atoms with Gasteiger partial charge in [-0.2, -0.15) is 18.3 Å². The summed E-state index contributed by atoms with van der Waals surface area (Å²) in [6, 6.07) is 9.37. The number of carboxylic acids is 1. The molecule has 1 heterocycles. The molecule has 3 rings (SSSR count). The lowest BCUT2D eigenvalue weighted by atomic mass is 9.98. The summed E-state index contributed by atoms with van der Waals surface area (Å²) in [5.41, 5.74) is 1.12. The van der Waals surface area contributed by atoms with Crippen LogP contribution in [-0.4, -0.2) is 32.8 Å². The minimum Gasteiger partial charge on any atom is -0.478 e. The molecule has 0 radical (unpaired) electrons. The van der Waals surface area contributed by atoms with E-state index in [1.165, 1.54) is 12.1 Å². The molecule has 0 bridgehead atoms. The predicted octanol–water partition coefficient (Wildman–Crippen LogP) is 4.99. The largest absolute Gasteiger partial charge is 0.478 e. The molecular formula is C22H18F4N2O3. The monoisotopic (exact) mass is 434 g/mol. The van der Waals surface area contributed by atoms with Crippen LogP contribution in [0.25, 0.3) is 11.3 Å². The number of carboxylic acid groups (broad SMARTS) is 1. The molecule has 0 aliphatic rings. The molecule has 0 aliphatic carbocycles. The number of Topliss-reactive ketones (excluding diaryl/α,β-unsaturated/α-hetero) is 1. The Balaban J connectivity index is 2.15. The summed E-state index contributed by atoms with van der Waals surface area (Å²) in [6.07, 6.45) is -5.32. The molecule has 0 amide bonds. The van der Waals surface area contributed by atoms with Crippen molar-refractivity contribution in [1.82, 2.24) is 9.78 Å². The van der Waals surface area contributed by atoms with E-state index in [1.807, 2.05) is 6.92 Å². The lowest BCUT2D eigenvalue weighted by molar-refractivity contribution is -0.143. The molecule has 1 aromatic heterocycles. The minimum atomic E-state index is -4.68. The van der Waals surface area contributed by atoms with Gasteiger partial charge in [0.1, 0.15) is 23.6 Å². The van der Waals surface area contributed by atoms with E-state index >= 15 is 0 Å². The number of benzene rings is 2. The van der Waals surface area contributed by atoms with Gasteiger partial charge in [-0.3, -0.25) is 9.48 Å². The van der Waals surface area contributed by atoms with Crippen molar-refractivity contribution in [2.45, 2.75) is 33.0 Å². The van der Waals surface area contributed by atoms with Crippen LogP contribution >= 0.6 is 0 Å². The van der Waals surface area contributed by atoms with Crippen LogP contribution in [0.3, 0.4) is 0 Å². The van der Waals surface area contributed by atoms with E-state index in [0.717, 1.165) is 23.3 Å². The van der Waals surface area contributed by atoms with Gasteiger partial charge >= 0.3 is 12.1 Å². The first-order chi connectivity index (χ1) is 14.5. The van der Waals surface area contributed by atoms with Crippen LogP contribution in [0.5, 0.6) is 0 Å². The maximum atomic E-state index is 13.2. The van der Waals surface area contributed by atoms with Crippen molar-refractivity contribution in [1.29, 1.82) is 0 Å². The fourth-order valence-electron chi connectivity index (χ4n) is 3.18. The number of alkyl halides is 3. The molecule has 0 fully saturated rings. The Hall–Kier alpha value is -3.49. The highest BCUT2D eigenvalue weighted by Crippen LogP contribution is 2.30. The van der Waals surface area contributed by atoms with Crippen molar-refractivity contribution in [3.05, 3.63) is 76.2 Å². The first-order valence-corrected chi connectivity index (χ1v) is 9.22. The number of aromatic nitrogens is 2. The second-order valence-electron chi connectivity index (χ2n) is 7.15. The standard InChI is InChI=1S/C22H18F4N2O3/c1-12-3-4-15(9-13(12)2)20-19(21(30)31)17(28(27-20)11-22(24,25)26)10-18(29)14-5-7-16(23)8-6-14/h3-9H,10-11H2,1-2H3,(H,30,31). The quantitative estimate of drug-likeness (QED) is 0.438. The first-order valence-electron chi connectivity index (χ1n) is 9.22. The number of aromatic carboxylic acids is 1. The summed E-state index contributed by atoms with van der Waals surface area (Å²) < 4.78 is 53.1. The van der Waals surface area contributed by atoms with E-state index in [-0.39, 0.29) is 17.0 Å². The van der Waals surface area contributed by atoms with E-state index in [0.29, 0.717) is 10.2 Å². The molecule has 1 N–H and O–H groups in total. The predicted molar refractivity (Wildman–Crippen MR) is 105 cm³/mol. The molecule has 0 atom stereocenters. The number of halogens is 4. The molecule has 0 saturated heterocycles. The Bertz CT molecular complexity index is 1150. The van der Waals surface area contributed by atoms with Crippen LogP contribution in [0.1, 0.15) is 37.5 Å². The van der Waals surface area contributed by atoms with E-state index in [2.05, 4.69) is 5.10 Å². The van der Waals surface area contributed by atoms with Crippen LogP contribution in [0, 0.1) is 19.7 Å². The first kappa shape index (κ1) is 22.2. The lowest BCUT2D eigenvalue weighted by Gasteiger charge is -2.10. The Morgan fingerprint density at radius 3 is 2.23 bits per heavy atom. The molecule has 2 aromatic carbocycles. The van der Waals surface area contributed by atoms with E-state index in [1.54, 1.807) is 25.1 Å². The third kappa shape index (κ3) is 4.99. The molecular weight excluding hydrogens is 416 g/mol. The molecule has 162 valence electrons. The van der Waals surface area contributed by atoms with Crippen LogP contribution in [-0.2, 0) is 13.0 Å². The third-order valence-electron chi connectivity index (χ3n) is 4.88. The van der Waals surface area contributed by atoms with Gasteiger partial charge in [0.15, 0.2) is 5.78 Å². The van der Waals surface area contributed by atoms with E-state index in [4.69, 9.17) is 0 Å². The van der Waals surface area contributed by atoms with Crippen molar-refractivity contribution >= 4 is 11.8 Å². The average molecular weight is 434 g/mol. The number of aryl methyl sites for hydroxylation is 2. The van der Waals surface area contributed by atoms with Gasteiger partial charge < -0.3 is 5.11 Å². The van der Waals surface area contributed by atoms with Gasteiger partial charge in [-0.15, -0.1) is 0 Å². The van der Waals surface area contributed by atoms with Crippen molar-refractivity contribution in [3.8, 4) is 11.3 Å². The molecule has 31 heavy (non-hydrogen) atoms. The Morgan fingerprint density at radius 2 is 1.68 bits per heavy atom. The molecule has 9 heteroatoms. The number of ketones is 1. The summed E-state index contributed by atoms with van der Waals surface area (Å²) in [7, 11) is 0. The zero-order valence-electron chi connectivity index (χ0n) is 16.6. The maximum absolute atomic E-state index is 13.2. The van der Waals surface area contributed by atoms with Crippen molar-refractivity contribution in [2.24, 2.45) is 0 Å². The third-order valence-corrected chi connectivity index (χ3v) is 4.88. The number of hydrogen-bond donors (Lipinski definition) is 1. The molecule has 0 spiro atoms. The van der Waals surface area contributed by atoms with Crippen LogP contribution < -0.4 is 0 Å². The smallest absolute Gasteiger partial charge is 0.408 e. The maximum Gasteiger partial charge on any atom is 0.408 e. The normalized spacial score (nSPS) is 11.5. The molecule has 5 nitrogen and oxygen atoms in total. The SMILES string of the molecule is Cc1ccc(-c2nn(CC(F)(F)F)c(CC(=O)c3ccc(F)cc3)c2C(=O)O)cc1C. The summed E-state index contributed by atoms with van der Waals surface area (Å²) in [6.45, 7) is 2.07. The Labute approximate surface area is 174 Å². The van der Waals surface area contributed by atoms with E-state index in [9.17, 15) is 32.3 Å². The lowest BCUT2D eigenvalue weighted by Crippen LogP contribution is -2.22. The Kier molecular flexibility index (Phi) is 5.97. The van der Waals surface area contributed by atoms with Gasteiger partial charge in [0.2, 0.25) is 0 Å². The number of carbonyl (C=O) groups excluding carboxylic acids is 1. The van der Waals surface area contributed by atoms with Gasteiger partial charge in [-0.1, -0.05) is 12.1 Å². The highest BCUT2D eigenvalue weighted by Gasteiger charge is 2.34. The van der Waals surface area contributed by atoms with Crippen LogP contribution in [0.15, 0.2) is 42.5 Å². The fourth-order valence-corrected chi connectivity index (χ4v) is 3.18. The zero-order valence-corrected chi connectivity index (χ0v) is 16.6. The second-order valence-corrected chi connectivity index (χ2v) is 7.15. The summed E-state index contributed by atoms with van der Waals surface area (Å²) >= 11 is 0. The van der Waals surface area contributed by atoms with Gasteiger partial charge in [0, 0.05) is 11.1 Å². The van der Waals surface area contributed by atoms with Gasteiger partial charge in [-0.25, -0.2) is 9.18 Å². The number of hydrogen-bond acceptors (Lipinski definition) is 3. The number of nitrogens with zero attached hydrogens (tertiary/aromatic N) is 2. The van der Waals surface area contributed by atoms with Crippen molar-refractivity contribution in [2.75, 3.05) is 0 Å². The van der Waals surface area contributed by atoms with Gasteiger partial charge in [-0.05, 0) is 55.3 Å². The second kappa shape index (κ2) is 8.33. The van der Waals surface area contributed by atoms with Crippen LogP contribution in [0.4, 0.5) is 17.6 Å². The van der Waals surface area contributed by atoms with Crippen molar-refractivity contribution < 1.29 is 32.3 Å². The minimum absolute atomic E-state index is 0.0465. The number of rotatable bonds is 6. The Morgan fingerprint density at radius 1 is 1.03 bits per heavy atom. The molecule has 0 unspecified atom stereocenters. The van der Waals surface area contributed by atoms with Crippen LogP contribution in [0.2, 0.25) is 0 Å². The highest BCUT2D eigenvalue weighted by atomic mass is 19.4. The fraction of sp³-hybridized carbons (Fsp3) is 0.227.